The molecule has 0 aromatic carbocycles. The van der Waals surface area contributed by atoms with E-state index in [-0.39, 0.29) is 0 Å². The lowest BCUT2D eigenvalue weighted by atomic mass is 10.5. The van der Waals surface area contributed by atoms with E-state index in [1.54, 1.807) is 11.3 Å². The molecule has 0 unspecified atom stereocenters. The van der Waals surface area contributed by atoms with Gasteiger partial charge in [-0.3, -0.25) is 4.68 Å². The van der Waals surface area contributed by atoms with Gasteiger partial charge in [0.1, 0.15) is 4.83 Å². The van der Waals surface area contributed by atoms with E-state index < -0.39 is 0 Å². The zero-order valence-electron chi connectivity index (χ0n) is 4.96. The molecule has 0 bridgehead atoms. The monoisotopic (exact) mass is 137 g/mol. The largest absolute Gasteiger partial charge is 0.258 e. The Balaban J connectivity index is 2.99. The van der Waals surface area contributed by atoms with Gasteiger partial charge in [0.15, 0.2) is 0 Å². The van der Waals surface area contributed by atoms with Crippen molar-refractivity contribution in [2.24, 2.45) is 7.05 Å². The Bertz CT molecular complexity index is 320. The molecule has 0 N–H and O–H groups in total. The molecule has 0 fully saturated rings. The molecule has 3 heteroatoms. The number of fused-ring (bicyclic) bond motifs is 1. The lowest BCUT2D eigenvalue weighted by molar-refractivity contribution is 0.802. The first-order valence-corrected chi connectivity index (χ1v) is 3.47. The molecule has 0 spiro atoms. The van der Waals surface area contributed by atoms with Crippen molar-refractivity contribution in [3.63, 3.8) is 0 Å². The fraction of sp³-hybridized carbons (Fsp3) is 0.167. The van der Waals surface area contributed by atoms with E-state index in [0.717, 1.165) is 0 Å². The average Bonchev–Trinajstić information content (AvgIpc) is 2.35. The summed E-state index contributed by atoms with van der Waals surface area (Å²) in [6.07, 6.45) is 1.85. The van der Waals surface area contributed by atoms with Crippen LogP contribution in [0.5, 0.6) is 0 Å². The second-order valence-electron chi connectivity index (χ2n) is 1.89. The van der Waals surface area contributed by atoms with Gasteiger partial charge >= 0.3 is 0 Å². The van der Waals surface area contributed by atoms with Gasteiger partial charge in [-0.25, -0.2) is 0 Å². The molecule has 1 radical (unpaired) electrons. The summed E-state index contributed by atoms with van der Waals surface area (Å²) in [6.45, 7) is 0. The molecule has 0 saturated carbocycles. The number of hydrogen-bond donors (Lipinski definition) is 0. The van der Waals surface area contributed by atoms with Gasteiger partial charge in [0.05, 0.1) is 6.20 Å². The Kier molecular flexibility index (Phi) is 0.873. The summed E-state index contributed by atoms with van der Waals surface area (Å²) in [6, 6.07) is 1.95. The standard InChI is InChI=1S/C6H5N2S/c1-8-6-5(4-7-8)2-3-9-6/h2,4H,1H3. The zero-order valence-corrected chi connectivity index (χ0v) is 5.77. The number of aromatic nitrogens is 2. The summed E-state index contributed by atoms with van der Waals surface area (Å²) in [4.78, 5) is 1.19. The van der Waals surface area contributed by atoms with Crippen molar-refractivity contribution in [2.45, 2.75) is 0 Å². The van der Waals surface area contributed by atoms with E-state index in [1.807, 2.05) is 24.0 Å². The van der Waals surface area contributed by atoms with Gasteiger partial charge in [-0.2, -0.15) is 5.10 Å². The van der Waals surface area contributed by atoms with E-state index in [1.165, 1.54) is 10.2 Å². The van der Waals surface area contributed by atoms with Gasteiger partial charge in [0, 0.05) is 17.8 Å². The van der Waals surface area contributed by atoms with E-state index >= 15 is 0 Å². The SMILES string of the molecule is Cn1ncc2c[c]sc21. The van der Waals surface area contributed by atoms with Crippen LogP contribution in [0.2, 0.25) is 0 Å². The van der Waals surface area contributed by atoms with E-state index in [2.05, 4.69) is 10.5 Å². The van der Waals surface area contributed by atoms with Crippen LogP contribution >= 0.6 is 11.3 Å². The maximum Gasteiger partial charge on any atom is 0.121 e. The number of hydrogen-bond acceptors (Lipinski definition) is 2. The minimum atomic E-state index is 1.18. The van der Waals surface area contributed by atoms with Crippen LogP contribution in [-0.4, -0.2) is 9.78 Å². The Hall–Kier alpha value is -0.830. The third kappa shape index (κ3) is 0.580. The van der Waals surface area contributed by atoms with Crippen molar-refractivity contribution in [1.29, 1.82) is 0 Å². The van der Waals surface area contributed by atoms with Crippen LogP contribution in [0.25, 0.3) is 10.2 Å². The molecular weight excluding hydrogens is 132 g/mol. The highest BCUT2D eigenvalue weighted by Gasteiger charge is 1.97. The summed E-state index contributed by atoms with van der Waals surface area (Å²) >= 11 is 1.60. The van der Waals surface area contributed by atoms with Gasteiger partial charge in [0.2, 0.25) is 0 Å². The molecule has 0 aliphatic rings. The van der Waals surface area contributed by atoms with Crippen LogP contribution in [-0.2, 0) is 7.05 Å². The molecule has 2 rings (SSSR count). The summed E-state index contributed by atoms with van der Waals surface area (Å²) in [7, 11) is 1.94. The molecular formula is C6H5N2S. The lowest BCUT2D eigenvalue weighted by Gasteiger charge is -1.83. The Morgan fingerprint density at radius 3 is 3.44 bits per heavy atom. The third-order valence-electron chi connectivity index (χ3n) is 1.28. The molecule has 2 nitrogen and oxygen atoms in total. The molecule has 45 valence electrons. The number of rotatable bonds is 0. The van der Waals surface area contributed by atoms with Crippen molar-refractivity contribution >= 4 is 21.6 Å². The second-order valence-corrected chi connectivity index (χ2v) is 2.72. The van der Waals surface area contributed by atoms with Crippen LogP contribution in [0.3, 0.4) is 0 Å². The normalized spacial score (nSPS) is 10.8. The fourth-order valence-corrected chi connectivity index (χ4v) is 1.52. The van der Waals surface area contributed by atoms with E-state index in [0.29, 0.717) is 0 Å². The Morgan fingerprint density at radius 2 is 2.67 bits per heavy atom. The first-order valence-electron chi connectivity index (χ1n) is 2.65. The average molecular weight is 137 g/mol. The molecule has 2 heterocycles. The van der Waals surface area contributed by atoms with E-state index in [9.17, 15) is 0 Å². The number of aryl methyl sites for hydroxylation is 1. The summed E-state index contributed by atoms with van der Waals surface area (Å²) in [5, 5.41) is 8.29. The van der Waals surface area contributed by atoms with Gasteiger partial charge in [0.25, 0.3) is 0 Å². The summed E-state index contributed by atoms with van der Waals surface area (Å²) in [5.41, 5.74) is 0. The van der Waals surface area contributed by atoms with Crippen molar-refractivity contribution in [2.75, 3.05) is 0 Å². The second kappa shape index (κ2) is 1.57. The fourth-order valence-electron chi connectivity index (χ4n) is 0.816. The molecule has 0 aliphatic heterocycles. The molecule has 0 aliphatic carbocycles. The minimum absolute atomic E-state index is 1.18. The third-order valence-corrected chi connectivity index (χ3v) is 2.21. The quantitative estimate of drug-likeness (QED) is 0.537. The van der Waals surface area contributed by atoms with Gasteiger partial charge in [-0.1, -0.05) is 0 Å². The summed E-state index contributed by atoms with van der Waals surface area (Å²) < 4.78 is 1.86. The summed E-state index contributed by atoms with van der Waals surface area (Å²) in [5.74, 6) is 0. The van der Waals surface area contributed by atoms with Crippen LogP contribution < -0.4 is 0 Å². The van der Waals surface area contributed by atoms with Crippen molar-refractivity contribution in [1.82, 2.24) is 9.78 Å². The van der Waals surface area contributed by atoms with Crippen LogP contribution in [0, 0.1) is 5.38 Å². The molecule has 2 aromatic heterocycles. The maximum absolute atomic E-state index is 4.06. The van der Waals surface area contributed by atoms with Crippen molar-refractivity contribution in [3.05, 3.63) is 17.6 Å². The van der Waals surface area contributed by atoms with E-state index in [4.69, 9.17) is 0 Å². The van der Waals surface area contributed by atoms with Crippen LogP contribution in [0.1, 0.15) is 0 Å². The molecule has 0 atom stereocenters. The molecule has 9 heavy (non-hydrogen) atoms. The van der Waals surface area contributed by atoms with Crippen LogP contribution in [0.15, 0.2) is 12.3 Å². The first-order chi connectivity index (χ1) is 4.38. The zero-order chi connectivity index (χ0) is 6.27. The minimum Gasteiger partial charge on any atom is -0.258 e. The van der Waals surface area contributed by atoms with Gasteiger partial charge < -0.3 is 0 Å². The highest BCUT2D eigenvalue weighted by molar-refractivity contribution is 7.16. The Labute approximate surface area is 56.7 Å². The van der Waals surface area contributed by atoms with Gasteiger partial charge in [-0.05, 0) is 6.07 Å². The number of thiophene rings is 1. The molecule has 0 amide bonds. The van der Waals surface area contributed by atoms with Crippen molar-refractivity contribution < 1.29 is 0 Å². The van der Waals surface area contributed by atoms with Gasteiger partial charge in [-0.15, -0.1) is 11.3 Å². The van der Waals surface area contributed by atoms with Crippen molar-refractivity contribution in [3.8, 4) is 0 Å². The molecule has 2 aromatic rings. The number of nitrogens with zero attached hydrogens (tertiary/aromatic N) is 2. The highest BCUT2D eigenvalue weighted by Crippen LogP contribution is 2.17. The maximum atomic E-state index is 4.06. The first kappa shape index (κ1) is 4.99. The topological polar surface area (TPSA) is 17.8 Å². The predicted molar refractivity (Wildman–Crippen MR) is 37.4 cm³/mol. The predicted octanol–water partition coefficient (Wildman–Crippen LogP) is 1.43. The molecule has 0 saturated heterocycles. The highest BCUT2D eigenvalue weighted by atomic mass is 32.1. The van der Waals surface area contributed by atoms with Crippen LogP contribution in [0.4, 0.5) is 0 Å². The Morgan fingerprint density at radius 1 is 1.78 bits per heavy atom. The smallest absolute Gasteiger partial charge is 0.121 e. The lowest BCUT2D eigenvalue weighted by Crippen LogP contribution is -1.85.